The normalized spacial score (nSPS) is 14.7. The molecule has 3 aromatic heterocycles. The van der Waals surface area contributed by atoms with Gasteiger partial charge >= 0.3 is 5.69 Å². The summed E-state index contributed by atoms with van der Waals surface area (Å²) in [7, 11) is 1.65. The molecule has 5 rings (SSSR count). The summed E-state index contributed by atoms with van der Waals surface area (Å²) in [6, 6.07) is 6.04. The third kappa shape index (κ3) is 3.60. The molecule has 0 bridgehead atoms. The van der Waals surface area contributed by atoms with Crippen molar-refractivity contribution >= 4 is 21.6 Å². The molecule has 0 spiro atoms. The van der Waals surface area contributed by atoms with Crippen LogP contribution < -0.4 is 16.0 Å². The Morgan fingerprint density at radius 3 is 2.56 bits per heavy atom. The second kappa shape index (κ2) is 8.91. The molecule has 178 valence electrons. The standard InChI is InChI=1S/C26H30N4O3S/c1-5-29-25-22(24(31)30(26(29)32)19-9-7-6-8-10-19)17(3)23(34-25)18-11-12-20(21(13-18)33-4)28-14-16(2)27-15-28/h11-15,19H,5-10H2,1-4H3. The van der Waals surface area contributed by atoms with Crippen LogP contribution in [0.25, 0.3) is 26.3 Å². The van der Waals surface area contributed by atoms with Gasteiger partial charge in [0, 0.05) is 23.7 Å². The number of imidazole rings is 1. The Bertz CT molecular complexity index is 1480. The molecule has 0 aliphatic heterocycles. The zero-order chi connectivity index (χ0) is 24.0. The second-order valence-electron chi connectivity index (χ2n) is 9.04. The number of methoxy groups -OCH3 is 1. The van der Waals surface area contributed by atoms with Crippen LogP contribution in [0.4, 0.5) is 0 Å². The number of hydrogen-bond acceptors (Lipinski definition) is 5. The fourth-order valence-electron chi connectivity index (χ4n) is 5.17. The van der Waals surface area contributed by atoms with E-state index in [9.17, 15) is 9.59 Å². The van der Waals surface area contributed by atoms with Crippen LogP contribution in [0.3, 0.4) is 0 Å². The van der Waals surface area contributed by atoms with E-state index in [1.54, 1.807) is 22.6 Å². The zero-order valence-electron chi connectivity index (χ0n) is 20.1. The molecule has 4 aromatic rings. The Morgan fingerprint density at radius 1 is 1.15 bits per heavy atom. The number of nitrogens with zero attached hydrogens (tertiary/aromatic N) is 4. The van der Waals surface area contributed by atoms with E-state index in [-0.39, 0.29) is 17.3 Å². The third-order valence-corrected chi connectivity index (χ3v) is 8.29. The lowest BCUT2D eigenvalue weighted by molar-refractivity contribution is 0.332. The fourth-order valence-corrected chi connectivity index (χ4v) is 6.52. The molecule has 1 aliphatic rings. The number of fused-ring (bicyclic) bond motifs is 1. The summed E-state index contributed by atoms with van der Waals surface area (Å²) in [5.41, 5.74) is 3.39. The Kier molecular flexibility index (Phi) is 5.93. The fraction of sp³-hybridized carbons (Fsp3) is 0.423. The van der Waals surface area contributed by atoms with Crippen LogP contribution in [-0.2, 0) is 6.54 Å². The van der Waals surface area contributed by atoms with Gasteiger partial charge in [-0.05, 0) is 56.9 Å². The summed E-state index contributed by atoms with van der Waals surface area (Å²) in [6.07, 6.45) is 8.82. The first kappa shape index (κ1) is 22.7. The molecular weight excluding hydrogens is 448 g/mol. The number of thiophene rings is 1. The van der Waals surface area contributed by atoms with Gasteiger partial charge in [-0.3, -0.25) is 13.9 Å². The van der Waals surface area contributed by atoms with Gasteiger partial charge in [0.2, 0.25) is 0 Å². The number of ether oxygens (including phenoxy) is 1. The monoisotopic (exact) mass is 478 g/mol. The minimum atomic E-state index is -0.178. The maximum absolute atomic E-state index is 13.7. The van der Waals surface area contributed by atoms with Crippen molar-refractivity contribution in [3.05, 3.63) is 62.8 Å². The smallest absolute Gasteiger partial charge is 0.332 e. The Labute approximate surface area is 202 Å². The summed E-state index contributed by atoms with van der Waals surface area (Å²) in [6.45, 7) is 6.44. The van der Waals surface area contributed by atoms with Crippen molar-refractivity contribution in [3.8, 4) is 21.9 Å². The van der Waals surface area contributed by atoms with Crippen molar-refractivity contribution in [2.24, 2.45) is 0 Å². The molecule has 0 atom stereocenters. The first-order valence-electron chi connectivity index (χ1n) is 11.9. The quantitative estimate of drug-likeness (QED) is 0.394. The molecular formula is C26H30N4O3S. The summed E-state index contributed by atoms with van der Waals surface area (Å²) in [5.74, 6) is 0.722. The van der Waals surface area contributed by atoms with E-state index in [0.717, 1.165) is 63.6 Å². The molecule has 0 unspecified atom stereocenters. The molecule has 34 heavy (non-hydrogen) atoms. The lowest BCUT2D eigenvalue weighted by Gasteiger charge is -2.24. The third-order valence-electron chi connectivity index (χ3n) is 6.93. The predicted molar refractivity (Wildman–Crippen MR) is 137 cm³/mol. The maximum atomic E-state index is 13.7. The molecule has 1 aromatic carbocycles. The number of benzene rings is 1. The van der Waals surface area contributed by atoms with Crippen LogP contribution in [0, 0.1) is 13.8 Å². The highest BCUT2D eigenvalue weighted by Crippen LogP contribution is 2.39. The van der Waals surface area contributed by atoms with Crippen LogP contribution in [0.15, 0.2) is 40.3 Å². The van der Waals surface area contributed by atoms with E-state index in [1.807, 2.05) is 49.7 Å². The predicted octanol–water partition coefficient (Wildman–Crippen LogP) is 5.23. The lowest BCUT2D eigenvalue weighted by Crippen LogP contribution is -2.42. The Hall–Kier alpha value is -3.13. The van der Waals surface area contributed by atoms with Crippen molar-refractivity contribution in [1.29, 1.82) is 0 Å². The van der Waals surface area contributed by atoms with Crippen LogP contribution in [-0.4, -0.2) is 25.8 Å². The molecule has 1 fully saturated rings. The van der Waals surface area contributed by atoms with Crippen molar-refractivity contribution < 1.29 is 4.74 Å². The summed E-state index contributed by atoms with van der Waals surface area (Å²) in [5, 5.41) is 0.667. The molecule has 3 heterocycles. The van der Waals surface area contributed by atoms with Gasteiger partial charge in [0.1, 0.15) is 10.6 Å². The van der Waals surface area contributed by atoms with Crippen LogP contribution in [0.5, 0.6) is 5.75 Å². The SMILES string of the molecule is CCn1c(=O)n(C2CCCCC2)c(=O)c2c(C)c(-c3ccc(-n4cnc(C)c4)c(OC)c3)sc21. The average Bonchev–Trinajstić information content (AvgIpc) is 3.43. The van der Waals surface area contributed by atoms with Gasteiger partial charge in [-0.15, -0.1) is 11.3 Å². The topological polar surface area (TPSA) is 71.0 Å². The van der Waals surface area contributed by atoms with E-state index in [2.05, 4.69) is 4.98 Å². The first-order chi connectivity index (χ1) is 16.4. The molecule has 0 N–H and O–H groups in total. The highest BCUT2D eigenvalue weighted by atomic mass is 32.1. The van der Waals surface area contributed by atoms with E-state index in [0.29, 0.717) is 11.9 Å². The summed E-state index contributed by atoms with van der Waals surface area (Å²) >= 11 is 1.51. The van der Waals surface area contributed by atoms with E-state index in [1.165, 1.54) is 17.8 Å². The lowest BCUT2D eigenvalue weighted by atomic mass is 9.95. The van der Waals surface area contributed by atoms with Gasteiger partial charge in [-0.2, -0.15) is 0 Å². The average molecular weight is 479 g/mol. The second-order valence-corrected chi connectivity index (χ2v) is 10.0. The van der Waals surface area contributed by atoms with Crippen molar-refractivity contribution in [2.75, 3.05) is 7.11 Å². The number of hydrogen-bond donors (Lipinski definition) is 0. The maximum Gasteiger partial charge on any atom is 0.332 e. The first-order valence-corrected chi connectivity index (χ1v) is 12.7. The van der Waals surface area contributed by atoms with Gasteiger partial charge in [0.15, 0.2) is 0 Å². The van der Waals surface area contributed by atoms with Gasteiger partial charge < -0.3 is 9.30 Å². The van der Waals surface area contributed by atoms with Crippen molar-refractivity contribution in [1.82, 2.24) is 18.7 Å². The summed E-state index contributed by atoms with van der Waals surface area (Å²) in [4.78, 5) is 33.1. The molecule has 1 aliphatic carbocycles. The molecule has 0 saturated heterocycles. The number of aromatic nitrogens is 4. The Morgan fingerprint density at radius 2 is 1.91 bits per heavy atom. The molecule has 0 amide bonds. The largest absolute Gasteiger partial charge is 0.495 e. The highest BCUT2D eigenvalue weighted by Gasteiger charge is 2.25. The van der Waals surface area contributed by atoms with E-state index in [4.69, 9.17) is 4.74 Å². The van der Waals surface area contributed by atoms with E-state index < -0.39 is 0 Å². The minimum absolute atomic E-state index is 0.00304. The van der Waals surface area contributed by atoms with Gasteiger partial charge in [0.25, 0.3) is 5.56 Å². The minimum Gasteiger partial charge on any atom is -0.495 e. The van der Waals surface area contributed by atoms with E-state index >= 15 is 0 Å². The highest BCUT2D eigenvalue weighted by molar-refractivity contribution is 7.22. The molecule has 8 heteroatoms. The van der Waals surface area contributed by atoms with Crippen LogP contribution in [0.1, 0.15) is 56.3 Å². The Balaban J connectivity index is 1.70. The van der Waals surface area contributed by atoms with Gasteiger partial charge in [-0.1, -0.05) is 25.3 Å². The zero-order valence-corrected chi connectivity index (χ0v) is 20.9. The van der Waals surface area contributed by atoms with Gasteiger partial charge in [0.05, 0.1) is 30.2 Å². The van der Waals surface area contributed by atoms with Crippen LogP contribution in [0.2, 0.25) is 0 Å². The van der Waals surface area contributed by atoms with Crippen molar-refractivity contribution in [3.63, 3.8) is 0 Å². The molecule has 7 nitrogen and oxygen atoms in total. The van der Waals surface area contributed by atoms with Gasteiger partial charge in [-0.25, -0.2) is 9.78 Å². The molecule has 0 radical (unpaired) electrons. The summed E-state index contributed by atoms with van der Waals surface area (Å²) < 4.78 is 11.0. The van der Waals surface area contributed by atoms with Crippen molar-refractivity contribution in [2.45, 2.75) is 65.5 Å². The van der Waals surface area contributed by atoms with Crippen LogP contribution >= 0.6 is 11.3 Å². The number of aryl methyl sites for hydroxylation is 3. The number of rotatable bonds is 5. The molecule has 1 saturated carbocycles.